The highest BCUT2D eigenvalue weighted by molar-refractivity contribution is 9.11. The number of hydrogen-bond donors (Lipinski definition) is 1. The van der Waals surface area contributed by atoms with Gasteiger partial charge >= 0.3 is 0 Å². The molecule has 0 amide bonds. The van der Waals surface area contributed by atoms with E-state index in [1.54, 1.807) is 11.3 Å². The van der Waals surface area contributed by atoms with Crippen molar-refractivity contribution in [1.29, 1.82) is 0 Å². The molecule has 0 saturated heterocycles. The van der Waals surface area contributed by atoms with E-state index in [0.717, 1.165) is 33.9 Å². The smallest absolute Gasteiger partial charge is 0.114 e. The summed E-state index contributed by atoms with van der Waals surface area (Å²) in [5.41, 5.74) is 7.39. The van der Waals surface area contributed by atoms with Gasteiger partial charge in [-0.25, -0.2) is 0 Å². The molecule has 0 fully saturated rings. The van der Waals surface area contributed by atoms with Crippen LogP contribution in [0.4, 0.5) is 0 Å². The van der Waals surface area contributed by atoms with Crippen molar-refractivity contribution in [3.05, 3.63) is 32.1 Å². The monoisotopic (exact) mass is 287 g/mol. The molecule has 2 rings (SSSR count). The summed E-state index contributed by atoms with van der Waals surface area (Å²) >= 11 is 5.20. The van der Waals surface area contributed by atoms with E-state index in [0.29, 0.717) is 0 Å². The molecule has 1 aromatic heterocycles. The van der Waals surface area contributed by atoms with Crippen molar-refractivity contribution in [2.24, 2.45) is 5.73 Å². The minimum Gasteiger partial charge on any atom is -0.496 e. The molecule has 2 nitrogen and oxygen atoms in total. The summed E-state index contributed by atoms with van der Waals surface area (Å²) in [6.45, 7) is 2.87. The van der Waals surface area contributed by atoms with E-state index >= 15 is 0 Å². The highest BCUT2D eigenvalue weighted by atomic mass is 79.9. The minimum absolute atomic E-state index is 0.0969. The van der Waals surface area contributed by atoms with Crippen LogP contribution in [-0.2, 0) is 4.74 Å². The Morgan fingerprint density at radius 2 is 2.40 bits per heavy atom. The average molecular weight is 288 g/mol. The van der Waals surface area contributed by atoms with Crippen molar-refractivity contribution in [2.45, 2.75) is 25.8 Å². The van der Waals surface area contributed by atoms with E-state index in [1.807, 2.05) is 0 Å². The first-order valence-corrected chi connectivity index (χ1v) is 6.63. The molecule has 1 aliphatic heterocycles. The van der Waals surface area contributed by atoms with Crippen LogP contribution in [0, 0.1) is 6.92 Å². The summed E-state index contributed by atoms with van der Waals surface area (Å²) < 4.78 is 6.73. The first-order valence-electron chi connectivity index (χ1n) is 5.02. The molecule has 0 bridgehead atoms. The number of hydrogen-bond acceptors (Lipinski definition) is 3. The van der Waals surface area contributed by atoms with Gasteiger partial charge in [0.25, 0.3) is 0 Å². The fourth-order valence-corrected chi connectivity index (χ4v) is 3.15. The number of thiophene rings is 1. The van der Waals surface area contributed by atoms with Gasteiger partial charge in [0, 0.05) is 4.88 Å². The number of ether oxygens (including phenoxy) is 1. The summed E-state index contributed by atoms with van der Waals surface area (Å²) in [6.07, 6.45) is 4.29. The van der Waals surface area contributed by atoms with Crippen LogP contribution in [0.3, 0.4) is 0 Å². The van der Waals surface area contributed by atoms with Crippen LogP contribution in [-0.4, -0.2) is 6.61 Å². The van der Waals surface area contributed by atoms with Crippen molar-refractivity contribution in [3.8, 4) is 0 Å². The molecule has 82 valence electrons. The van der Waals surface area contributed by atoms with Crippen LogP contribution in [0.5, 0.6) is 0 Å². The van der Waals surface area contributed by atoms with Crippen LogP contribution < -0.4 is 5.73 Å². The lowest BCUT2D eigenvalue weighted by atomic mass is 10.1. The van der Waals surface area contributed by atoms with Crippen molar-refractivity contribution in [1.82, 2.24) is 0 Å². The molecule has 1 aliphatic rings. The second-order valence-corrected chi connectivity index (χ2v) is 6.08. The van der Waals surface area contributed by atoms with Gasteiger partial charge in [-0.15, -0.1) is 11.3 Å². The largest absolute Gasteiger partial charge is 0.496 e. The molecular weight excluding hydrogens is 274 g/mol. The Labute approximate surface area is 102 Å². The number of rotatable bonds is 2. The Morgan fingerprint density at radius 1 is 1.60 bits per heavy atom. The summed E-state index contributed by atoms with van der Waals surface area (Å²) in [5, 5.41) is 0. The molecule has 1 unspecified atom stereocenters. The summed E-state index contributed by atoms with van der Waals surface area (Å²) in [4.78, 5) is 1.16. The zero-order valence-corrected chi connectivity index (χ0v) is 11.0. The zero-order valence-electron chi connectivity index (χ0n) is 8.63. The first kappa shape index (κ1) is 11.2. The second kappa shape index (κ2) is 4.68. The lowest BCUT2D eigenvalue weighted by Crippen LogP contribution is -2.16. The fourth-order valence-electron chi connectivity index (χ4n) is 1.57. The second-order valence-electron chi connectivity index (χ2n) is 3.68. The molecule has 0 aliphatic carbocycles. The maximum Gasteiger partial charge on any atom is 0.114 e. The number of aryl methyl sites for hydroxylation is 1. The SMILES string of the molecule is Cc1cc(C(N)C2=CCCCO2)sc1Br. The van der Waals surface area contributed by atoms with Crippen LogP contribution in [0.1, 0.15) is 29.3 Å². The van der Waals surface area contributed by atoms with Gasteiger partial charge in [0.2, 0.25) is 0 Å². The van der Waals surface area contributed by atoms with E-state index in [-0.39, 0.29) is 6.04 Å². The number of halogens is 1. The highest BCUT2D eigenvalue weighted by Gasteiger charge is 2.18. The Kier molecular flexibility index (Phi) is 3.49. The normalized spacial score (nSPS) is 18.2. The van der Waals surface area contributed by atoms with Gasteiger partial charge in [-0.2, -0.15) is 0 Å². The maximum atomic E-state index is 6.15. The van der Waals surface area contributed by atoms with Crippen LogP contribution >= 0.6 is 27.3 Å². The molecule has 0 saturated carbocycles. The Morgan fingerprint density at radius 3 is 2.93 bits per heavy atom. The molecule has 0 radical (unpaired) electrons. The van der Waals surface area contributed by atoms with E-state index in [2.05, 4.69) is 35.0 Å². The molecule has 0 aromatic carbocycles. The molecule has 4 heteroatoms. The molecule has 2 heterocycles. The van der Waals surface area contributed by atoms with Crippen LogP contribution in [0.25, 0.3) is 0 Å². The third-order valence-corrected chi connectivity index (χ3v) is 4.67. The average Bonchev–Trinajstić information content (AvgIpc) is 2.59. The zero-order chi connectivity index (χ0) is 10.8. The predicted molar refractivity (Wildman–Crippen MR) is 67.0 cm³/mol. The van der Waals surface area contributed by atoms with Gasteiger partial charge in [-0.05, 0) is 53.4 Å². The van der Waals surface area contributed by atoms with Crippen molar-refractivity contribution < 1.29 is 4.74 Å². The van der Waals surface area contributed by atoms with Gasteiger partial charge in [-0.3, -0.25) is 0 Å². The minimum atomic E-state index is -0.0969. The van der Waals surface area contributed by atoms with E-state index in [1.165, 1.54) is 5.56 Å². The predicted octanol–water partition coefficient (Wildman–Crippen LogP) is 3.51. The maximum absolute atomic E-state index is 6.15. The molecule has 2 N–H and O–H groups in total. The van der Waals surface area contributed by atoms with E-state index in [4.69, 9.17) is 10.5 Å². The Bertz CT molecular complexity index is 366. The van der Waals surface area contributed by atoms with Crippen molar-refractivity contribution in [2.75, 3.05) is 6.61 Å². The van der Waals surface area contributed by atoms with Crippen LogP contribution in [0.15, 0.2) is 21.7 Å². The van der Waals surface area contributed by atoms with Gasteiger partial charge in [-0.1, -0.05) is 0 Å². The highest BCUT2D eigenvalue weighted by Crippen LogP contribution is 2.34. The third kappa shape index (κ3) is 2.44. The Hall–Kier alpha value is -0.320. The molecular formula is C11H14BrNOS. The summed E-state index contributed by atoms with van der Waals surface area (Å²) in [7, 11) is 0. The lowest BCUT2D eigenvalue weighted by Gasteiger charge is -2.19. The molecule has 15 heavy (non-hydrogen) atoms. The summed E-state index contributed by atoms with van der Waals surface area (Å²) in [5.74, 6) is 0.926. The standard InChI is InChI=1S/C11H14BrNOS/c1-7-6-9(15-11(7)12)10(13)8-4-2-3-5-14-8/h4,6,10H,2-3,5,13H2,1H3. The van der Waals surface area contributed by atoms with Crippen molar-refractivity contribution >= 4 is 27.3 Å². The number of nitrogens with two attached hydrogens (primary N) is 1. The van der Waals surface area contributed by atoms with Gasteiger partial charge < -0.3 is 10.5 Å². The quantitative estimate of drug-likeness (QED) is 0.903. The molecule has 1 aromatic rings. The fraction of sp³-hybridized carbons (Fsp3) is 0.455. The lowest BCUT2D eigenvalue weighted by molar-refractivity contribution is 0.176. The number of allylic oxidation sites excluding steroid dienone is 1. The van der Waals surface area contributed by atoms with Crippen molar-refractivity contribution in [3.63, 3.8) is 0 Å². The first-order chi connectivity index (χ1) is 7.18. The van der Waals surface area contributed by atoms with E-state index in [9.17, 15) is 0 Å². The van der Waals surface area contributed by atoms with E-state index < -0.39 is 0 Å². The molecule has 0 spiro atoms. The van der Waals surface area contributed by atoms with Gasteiger partial charge in [0.1, 0.15) is 5.76 Å². The summed E-state index contributed by atoms with van der Waals surface area (Å²) in [6, 6.07) is 2.03. The third-order valence-electron chi connectivity index (χ3n) is 2.45. The Balaban J connectivity index is 2.19. The van der Waals surface area contributed by atoms with Gasteiger partial charge in [0.15, 0.2) is 0 Å². The molecule has 1 atom stereocenters. The topological polar surface area (TPSA) is 35.2 Å². The van der Waals surface area contributed by atoms with Gasteiger partial charge in [0.05, 0.1) is 16.4 Å². The van der Waals surface area contributed by atoms with Crippen LogP contribution in [0.2, 0.25) is 0 Å².